The van der Waals surface area contributed by atoms with Gasteiger partial charge in [-0.05, 0) is 0 Å². The van der Waals surface area contributed by atoms with Crippen LogP contribution >= 0.6 is 0 Å². The predicted octanol–water partition coefficient (Wildman–Crippen LogP) is -0.267. The highest BCUT2D eigenvalue weighted by Gasteiger charge is 2.25. The van der Waals surface area contributed by atoms with Crippen LogP contribution in [-0.4, -0.2) is 22.5 Å². The molecule has 0 bridgehead atoms. The normalized spacial score (nSPS) is 19.9. The van der Waals surface area contributed by atoms with E-state index in [0.717, 1.165) is 4.90 Å². The van der Waals surface area contributed by atoms with Crippen LogP contribution in [-0.2, 0) is 0 Å². The van der Waals surface area contributed by atoms with Gasteiger partial charge in [0.15, 0.2) is 6.19 Å². The highest BCUT2D eigenvalue weighted by atomic mass is 15.4. The van der Waals surface area contributed by atoms with Gasteiger partial charge in [-0.3, -0.25) is 0 Å². The Kier molecular flexibility index (Phi) is 2.16. The maximum atomic E-state index is 8.61. The molecular weight excluding hydrogens is 154 g/mol. The Morgan fingerprint density at radius 3 is 2.67 bits per heavy atom. The highest BCUT2D eigenvalue weighted by molar-refractivity contribution is 5.08. The lowest BCUT2D eigenvalue weighted by atomic mass is 10.4. The second kappa shape index (κ2) is 3.27. The van der Waals surface area contributed by atoms with Crippen LogP contribution in [0.5, 0.6) is 0 Å². The molecule has 1 radical (unpaired) electrons. The summed E-state index contributed by atoms with van der Waals surface area (Å²) in [5.41, 5.74) is 0. The van der Waals surface area contributed by atoms with E-state index >= 15 is 0 Å². The fraction of sp³-hybridized carbons (Fsp3) is 0.286. The lowest BCUT2D eigenvalue weighted by Gasteiger charge is -2.18. The van der Waals surface area contributed by atoms with Gasteiger partial charge in [0.25, 0.3) is 0 Å². The second-order valence-corrected chi connectivity index (χ2v) is 2.05. The molecule has 0 aromatic rings. The lowest BCUT2D eigenvalue weighted by Crippen LogP contribution is -2.35. The molecule has 0 saturated heterocycles. The first-order valence-corrected chi connectivity index (χ1v) is 3.14. The molecular formula is C7H4N5. The predicted molar refractivity (Wildman–Crippen MR) is 37.0 cm³/mol. The molecule has 0 fully saturated rings. The topological polar surface area (TPSA) is 77.8 Å². The van der Waals surface area contributed by atoms with Crippen LogP contribution in [0.15, 0.2) is 6.20 Å². The van der Waals surface area contributed by atoms with Crippen molar-refractivity contribution in [2.45, 2.75) is 6.17 Å². The molecule has 0 amide bonds. The molecule has 1 atom stereocenters. The molecule has 1 heterocycles. The number of hydrogen-bond donors (Lipinski definition) is 0. The fourth-order valence-corrected chi connectivity index (χ4v) is 0.851. The van der Waals surface area contributed by atoms with Crippen LogP contribution in [0, 0.1) is 40.3 Å². The van der Waals surface area contributed by atoms with E-state index in [4.69, 9.17) is 15.8 Å². The van der Waals surface area contributed by atoms with Gasteiger partial charge in [0, 0.05) is 6.20 Å². The Bertz CT molecular complexity index is 312. The van der Waals surface area contributed by atoms with Crippen LogP contribution < -0.4 is 0 Å². The van der Waals surface area contributed by atoms with Gasteiger partial charge in [-0.25, -0.2) is 4.90 Å². The third-order valence-electron chi connectivity index (χ3n) is 1.39. The SMILES string of the molecule is N#CCN1[C]=CN(C#N)C1C#N. The lowest BCUT2D eigenvalue weighted by molar-refractivity contribution is 0.268. The van der Waals surface area contributed by atoms with Crippen molar-refractivity contribution in [2.24, 2.45) is 0 Å². The van der Waals surface area contributed by atoms with E-state index in [-0.39, 0.29) is 6.54 Å². The van der Waals surface area contributed by atoms with Crippen molar-refractivity contribution in [3.63, 3.8) is 0 Å². The van der Waals surface area contributed by atoms with Gasteiger partial charge in [-0.1, -0.05) is 0 Å². The zero-order valence-corrected chi connectivity index (χ0v) is 6.10. The first kappa shape index (κ1) is 7.91. The molecule has 5 nitrogen and oxygen atoms in total. The van der Waals surface area contributed by atoms with Crippen LogP contribution in [0.25, 0.3) is 0 Å². The average molecular weight is 158 g/mol. The van der Waals surface area contributed by atoms with E-state index in [9.17, 15) is 0 Å². The third-order valence-corrected chi connectivity index (χ3v) is 1.39. The molecule has 1 rings (SSSR count). The van der Waals surface area contributed by atoms with Crippen molar-refractivity contribution < 1.29 is 0 Å². The third kappa shape index (κ3) is 1.14. The first-order valence-electron chi connectivity index (χ1n) is 3.14. The molecule has 57 valence electrons. The molecule has 1 unspecified atom stereocenters. The van der Waals surface area contributed by atoms with Gasteiger partial charge < -0.3 is 4.90 Å². The van der Waals surface area contributed by atoms with Crippen LogP contribution in [0.3, 0.4) is 0 Å². The molecule has 0 aromatic heterocycles. The summed E-state index contributed by atoms with van der Waals surface area (Å²) in [5.74, 6) is 0. The molecule has 1 aliphatic heterocycles. The minimum atomic E-state index is -0.713. The van der Waals surface area contributed by atoms with Gasteiger partial charge in [0.05, 0.1) is 12.3 Å². The molecule has 0 saturated carbocycles. The molecule has 12 heavy (non-hydrogen) atoms. The summed E-state index contributed by atoms with van der Waals surface area (Å²) < 4.78 is 0. The molecule has 0 spiro atoms. The summed E-state index contributed by atoms with van der Waals surface area (Å²) in [5, 5.41) is 25.5. The minimum absolute atomic E-state index is 0.0624. The van der Waals surface area contributed by atoms with Crippen LogP contribution in [0.4, 0.5) is 0 Å². The quantitative estimate of drug-likeness (QED) is 0.388. The van der Waals surface area contributed by atoms with Gasteiger partial charge >= 0.3 is 0 Å². The summed E-state index contributed by atoms with van der Waals surface area (Å²) in [6.07, 6.45) is 5.06. The van der Waals surface area contributed by atoms with E-state index in [1.54, 1.807) is 6.19 Å². The molecule has 1 aliphatic rings. The van der Waals surface area contributed by atoms with E-state index in [2.05, 4.69) is 6.20 Å². The summed E-state index contributed by atoms with van der Waals surface area (Å²) in [6, 6.07) is 3.76. The van der Waals surface area contributed by atoms with E-state index in [1.807, 2.05) is 12.1 Å². The standard InChI is InChI=1S/C7H4N5/c8-1-2-11-3-4-12(6-10)7(11)5-9/h4,7H,2H2. The summed E-state index contributed by atoms with van der Waals surface area (Å²) >= 11 is 0. The Morgan fingerprint density at radius 2 is 2.17 bits per heavy atom. The Labute approximate surface area is 69.9 Å². The van der Waals surface area contributed by atoms with Gasteiger partial charge in [0.1, 0.15) is 12.6 Å². The number of nitrogens with zero attached hydrogens (tertiary/aromatic N) is 5. The zero-order chi connectivity index (χ0) is 8.97. The van der Waals surface area contributed by atoms with Crippen molar-refractivity contribution in [1.29, 1.82) is 15.8 Å². The Morgan fingerprint density at radius 1 is 1.42 bits per heavy atom. The monoisotopic (exact) mass is 158 g/mol. The molecule has 0 aliphatic carbocycles. The second-order valence-electron chi connectivity index (χ2n) is 2.05. The maximum Gasteiger partial charge on any atom is 0.205 e. The number of hydrogen-bond acceptors (Lipinski definition) is 5. The van der Waals surface area contributed by atoms with Crippen molar-refractivity contribution in [3.8, 4) is 18.3 Å². The van der Waals surface area contributed by atoms with Gasteiger partial charge in [-0.2, -0.15) is 15.8 Å². The fourth-order valence-electron chi connectivity index (χ4n) is 0.851. The van der Waals surface area contributed by atoms with Crippen molar-refractivity contribution in [3.05, 3.63) is 12.4 Å². The van der Waals surface area contributed by atoms with Gasteiger partial charge in [-0.15, -0.1) is 0 Å². The van der Waals surface area contributed by atoms with Gasteiger partial charge in [0.2, 0.25) is 6.17 Å². The largest absolute Gasteiger partial charge is 0.322 e. The van der Waals surface area contributed by atoms with Crippen molar-refractivity contribution >= 4 is 0 Å². The van der Waals surface area contributed by atoms with Crippen molar-refractivity contribution in [1.82, 2.24) is 9.80 Å². The van der Waals surface area contributed by atoms with Crippen molar-refractivity contribution in [2.75, 3.05) is 6.54 Å². The Hall–Kier alpha value is -2.19. The minimum Gasteiger partial charge on any atom is -0.322 e. The number of rotatable bonds is 1. The molecule has 5 heteroatoms. The number of nitriles is 3. The van der Waals surface area contributed by atoms with E-state index in [0.29, 0.717) is 0 Å². The Balaban J connectivity index is 2.74. The summed E-state index contributed by atoms with van der Waals surface area (Å²) in [6.45, 7) is 0.0624. The molecule has 0 aromatic carbocycles. The maximum absolute atomic E-state index is 8.61. The van der Waals surface area contributed by atoms with Crippen LogP contribution in [0.2, 0.25) is 0 Å². The smallest absolute Gasteiger partial charge is 0.205 e. The molecule has 0 N–H and O–H groups in total. The van der Waals surface area contributed by atoms with E-state index < -0.39 is 6.17 Å². The first-order chi connectivity index (χ1) is 5.83. The van der Waals surface area contributed by atoms with E-state index in [1.165, 1.54) is 11.1 Å². The average Bonchev–Trinajstić information content (AvgIpc) is 2.47. The summed E-state index contributed by atoms with van der Waals surface area (Å²) in [7, 11) is 0. The highest BCUT2D eigenvalue weighted by Crippen LogP contribution is 2.11. The van der Waals surface area contributed by atoms with Crippen LogP contribution in [0.1, 0.15) is 0 Å². The zero-order valence-electron chi connectivity index (χ0n) is 6.10. The summed E-state index contributed by atoms with van der Waals surface area (Å²) in [4.78, 5) is 2.50.